The van der Waals surface area contributed by atoms with Gasteiger partial charge >= 0.3 is 0 Å². The summed E-state index contributed by atoms with van der Waals surface area (Å²) in [5.74, 6) is 0. The topological polar surface area (TPSA) is 82.1 Å². The Hall–Kier alpha value is 0.0900. The molecule has 0 heterocycles. The lowest BCUT2D eigenvalue weighted by Crippen LogP contribution is -2.10. The molecule has 0 fully saturated rings. The van der Waals surface area contributed by atoms with Crippen LogP contribution in [-0.4, -0.2) is 24.7 Å². The molecule has 0 bridgehead atoms. The molecule has 0 spiro atoms. The monoisotopic (exact) mass is 420 g/mol. The number of hydrogen-bond donors (Lipinski definition) is 1. The van der Waals surface area contributed by atoms with E-state index in [-0.39, 0.29) is 11.5 Å². The van der Waals surface area contributed by atoms with Crippen LogP contribution in [0, 0.1) is 13.8 Å². The van der Waals surface area contributed by atoms with Gasteiger partial charge in [0, 0.05) is 9.32 Å². The first-order valence-electron chi connectivity index (χ1n) is 5.13. The van der Waals surface area contributed by atoms with Crippen LogP contribution in [0.5, 0.6) is 0 Å². The summed E-state index contributed by atoms with van der Waals surface area (Å²) in [5.41, 5.74) is 1.38. The number of aryl methyl sites for hydroxylation is 2. The van der Waals surface area contributed by atoms with E-state index in [0.717, 1.165) is 5.56 Å². The van der Waals surface area contributed by atoms with Crippen molar-refractivity contribution in [1.29, 1.82) is 0 Å². The van der Waals surface area contributed by atoms with Gasteiger partial charge in [0.05, 0.1) is 23.5 Å². The Bertz CT molecular complexity index is 531. The molecule has 1 rings (SSSR count). The van der Waals surface area contributed by atoms with Gasteiger partial charge in [-0.05, 0) is 31.0 Å². The number of hydrogen-bond acceptors (Lipinski definition) is 7. The fourth-order valence-corrected chi connectivity index (χ4v) is 3.63. The molecule has 19 heavy (non-hydrogen) atoms. The van der Waals surface area contributed by atoms with Crippen LogP contribution < -0.4 is 0 Å². The van der Waals surface area contributed by atoms with E-state index in [0.29, 0.717) is 26.9 Å². The first-order valence-corrected chi connectivity index (χ1v) is 8.81. The van der Waals surface area contributed by atoms with Gasteiger partial charge in [0.1, 0.15) is 0 Å². The van der Waals surface area contributed by atoms with E-state index >= 15 is 0 Å². The molecule has 0 saturated heterocycles. The highest BCUT2D eigenvalue weighted by Gasteiger charge is 2.20. The normalized spacial score (nSPS) is 11.8. The highest BCUT2D eigenvalue weighted by atomic mass is 127. The highest BCUT2D eigenvalue weighted by Crippen LogP contribution is 2.29. The molecular weight excluding hydrogens is 407 g/mol. The van der Waals surface area contributed by atoms with Crippen LogP contribution in [0.15, 0.2) is 21.9 Å². The third-order valence-corrected chi connectivity index (χ3v) is 4.86. The molecule has 0 radical (unpaired) electrons. The first-order chi connectivity index (χ1) is 8.92. The van der Waals surface area contributed by atoms with Crippen molar-refractivity contribution in [3.63, 3.8) is 0 Å². The number of benzene rings is 1. The maximum Gasteiger partial charge on any atom is 0.297 e. The first kappa shape index (κ1) is 17.1. The van der Waals surface area contributed by atoms with Crippen LogP contribution in [0.3, 0.4) is 0 Å². The summed E-state index contributed by atoms with van der Waals surface area (Å²) < 4.78 is 33.8. The van der Waals surface area contributed by atoms with Crippen molar-refractivity contribution in [2.45, 2.75) is 23.6 Å². The van der Waals surface area contributed by atoms with Gasteiger partial charge < -0.3 is 0 Å². The van der Waals surface area contributed by atoms with E-state index in [1.54, 1.807) is 19.9 Å². The van der Waals surface area contributed by atoms with Gasteiger partial charge in [-0.25, -0.2) is 5.26 Å². The number of rotatable bonds is 7. The summed E-state index contributed by atoms with van der Waals surface area (Å²) in [6.45, 7) is 3.60. The molecule has 0 unspecified atom stereocenters. The maximum atomic E-state index is 12.0. The number of alkyl halides is 1. The summed E-state index contributed by atoms with van der Waals surface area (Å²) in [6, 6.07) is 3.13. The minimum Gasteiger partial charge on any atom is -0.266 e. The third-order valence-electron chi connectivity index (χ3n) is 2.21. The standard InChI is InChI=1S/C10H13IO6S2/c1-7-5-8(2)10(6-9(7)18-17-16-12)19(13,14)15-4-3-11/h5-6,12H,3-4H2,1-2H3. The van der Waals surface area contributed by atoms with E-state index < -0.39 is 10.1 Å². The molecule has 6 nitrogen and oxygen atoms in total. The Morgan fingerprint density at radius 2 is 2.00 bits per heavy atom. The largest absolute Gasteiger partial charge is 0.297 e. The van der Waals surface area contributed by atoms with Gasteiger partial charge in [-0.1, -0.05) is 33.7 Å². The molecule has 0 saturated carbocycles. The van der Waals surface area contributed by atoms with Crippen LogP contribution in [-0.2, 0) is 23.7 Å². The maximum absolute atomic E-state index is 12.0. The fourth-order valence-electron chi connectivity index (χ4n) is 1.43. The van der Waals surface area contributed by atoms with Crippen molar-refractivity contribution in [3.8, 4) is 0 Å². The highest BCUT2D eigenvalue weighted by molar-refractivity contribution is 14.1. The Morgan fingerprint density at radius 3 is 2.58 bits per heavy atom. The average Bonchev–Trinajstić information content (AvgIpc) is 2.35. The zero-order valence-electron chi connectivity index (χ0n) is 10.3. The van der Waals surface area contributed by atoms with Crippen LogP contribution >= 0.6 is 34.6 Å². The van der Waals surface area contributed by atoms with Crippen LogP contribution in [0.25, 0.3) is 0 Å². The summed E-state index contributed by atoms with van der Waals surface area (Å²) in [4.78, 5) is 0.586. The minimum absolute atomic E-state index is 0.0759. The summed E-state index contributed by atoms with van der Waals surface area (Å²) in [5, 5.41) is 11.6. The van der Waals surface area contributed by atoms with E-state index in [1.807, 2.05) is 22.6 Å². The van der Waals surface area contributed by atoms with Gasteiger partial charge in [-0.2, -0.15) is 8.42 Å². The van der Waals surface area contributed by atoms with Gasteiger partial charge in [-0.15, -0.1) is 4.33 Å². The summed E-state index contributed by atoms with van der Waals surface area (Å²) in [6.07, 6.45) is 0. The van der Waals surface area contributed by atoms with Crippen molar-refractivity contribution in [1.82, 2.24) is 0 Å². The lowest BCUT2D eigenvalue weighted by molar-refractivity contribution is -0.432. The van der Waals surface area contributed by atoms with Gasteiger partial charge in [0.2, 0.25) is 0 Å². The van der Waals surface area contributed by atoms with Crippen molar-refractivity contribution in [3.05, 3.63) is 23.3 Å². The van der Waals surface area contributed by atoms with E-state index in [4.69, 9.17) is 9.44 Å². The predicted molar refractivity (Wildman–Crippen MR) is 78.6 cm³/mol. The SMILES string of the molecule is Cc1cc(C)c(S(=O)(=O)OCCI)cc1SOOO. The predicted octanol–water partition coefficient (Wildman–Crippen LogP) is 2.87. The molecule has 0 aliphatic heterocycles. The Kier molecular flexibility index (Phi) is 7.00. The second-order valence-corrected chi connectivity index (χ2v) is 6.98. The quantitative estimate of drug-likeness (QED) is 0.181. The molecular formula is C10H13IO6S2. The van der Waals surface area contributed by atoms with Crippen molar-refractivity contribution in [2.24, 2.45) is 0 Å². The Balaban J connectivity index is 3.13. The summed E-state index contributed by atoms with van der Waals surface area (Å²) >= 11 is 2.74. The molecule has 1 N–H and O–H groups in total. The molecule has 1 aromatic rings. The number of halogens is 1. The van der Waals surface area contributed by atoms with Crippen LogP contribution in [0.2, 0.25) is 0 Å². The van der Waals surface area contributed by atoms with Crippen molar-refractivity contribution in [2.75, 3.05) is 11.0 Å². The average molecular weight is 420 g/mol. The summed E-state index contributed by atoms with van der Waals surface area (Å²) in [7, 11) is -3.79. The zero-order valence-corrected chi connectivity index (χ0v) is 14.0. The van der Waals surface area contributed by atoms with Crippen LogP contribution in [0.4, 0.5) is 0 Å². The van der Waals surface area contributed by atoms with Gasteiger partial charge in [0.25, 0.3) is 10.1 Å². The Labute approximate surface area is 129 Å². The second kappa shape index (κ2) is 7.76. The molecule has 0 aliphatic carbocycles. The molecule has 9 heteroatoms. The zero-order chi connectivity index (χ0) is 14.5. The minimum atomic E-state index is -3.79. The second-order valence-electron chi connectivity index (χ2n) is 3.57. The van der Waals surface area contributed by atoms with Gasteiger partial charge in [-0.3, -0.25) is 4.18 Å². The lowest BCUT2D eigenvalue weighted by Gasteiger charge is -2.11. The van der Waals surface area contributed by atoms with E-state index in [2.05, 4.69) is 9.37 Å². The molecule has 0 amide bonds. The van der Waals surface area contributed by atoms with Crippen LogP contribution in [0.1, 0.15) is 11.1 Å². The van der Waals surface area contributed by atoms with E-state index in [9.17, 15) is 8.42 Å². The molecule has 1 aromatic carbocycles. The molecule has 0 atom stereocenters. The Morgan fingerprint density at radius 1 is 1.32 bits per heavy atom. The van der Waals surface area contributed by atoms with Crippen molar-refractivity contribution < 1.29 is 27.2 Å². The molecule has 0 aliphatic rings. The smallest absolute Gasteiger partial charge is 0.266 e. The molecule has 0 aromatic heterocycles. The van der Waals surface area contributed by atoms with Crippen molar-refractivity contribution >= 4 is 44.8 Å². The van der Waals surface area contributed by atoms with Gasteiger partial charge in [0.15, 0.2) is 0 Å². The fraction of sp³-hybridized carbons (Fsp3) is 0.400. The lowest BCUT2D eigenvalue weighted by atomic mass is 10.2. The third kappa shape index (κ3) is 4.85. The van der Waals surface area contributed by atoms with E-state index in [1.165, 1.54) is 6.07 Å². The molecule has 108 valence electrons.